The molecule has 0 unspecified atom stereocenters. The van der Waals surface area contributed by atoms with E-state index in [1.54, 1.807) is 0 Å². The van der Waals surface area contributed by atoms with Gasteiger partial charge in [-0.05, 0) is 22.7 Å². The zero-order valence-electron chi connectivity index (χ0n) is 6.39. The van der Waals surface area contributed by atoms with E-state index < -0.39 is 0 Å². The van der Waals surface area contributed by atoms with Crippen LogP contribution < -0.4 is 0 Å². The summed E-state index contributed by atoms with van der Waals surface area (Å²) in [5.41, 5.74) is 1.88. The van der Waals surface area contributed by atoms with Crippen LogP contribution in [-0.2, 0) is 17.1 Å². The summed E-state index contributed by atoms with van der Waals surface area (Å²) in [4.78, 5) is 10.6. The number of carbonyl (C=O) groups is 1. The molecule has 0 saturated carbocycles. The number of benzene rings is 1. The summed E-state index contributed by atoms with van der Waals surface area (Å²) in [6.45, 7) is 0. The Labute approximate surface area is 81.3 Å². The molecule has 0 amide bonds. The van der Waals surface area contributed by atoms with Crippen molar-refractivity contribution < 1.29 is 4.79 Å². The molecule has 64 valence electrons. The summed E-state index contributed by atoms with van der Waals surface area (Å²) in [5, 5.41) is -0.354. The van der Waals surface area contributed by atoms with Crippen LogP contribution in [0.2, 0.25) is 0 Å². The summed E-state index contributed by atoms with van der Waals surface area (Å²) in [6.07, 6.45) is 0.254. The average Bonchev–Trinajstić information content (AvgIpc) is 2.04. The van der Waals surface area contributed by atoms with E-state index in [-0.39, 0.29) is 11.7 Å². The van der Waals surface area contributed by atoms with Crippen LogP contribution in [0.4, 0.5) is 0 Å². The Morgan fingerprint density at radius 2 is 1.83 bits per heavy atom. The largest absolute Gasteiger partial charge is 0.281 e. The highest BCUT2D eigenvalue weighted by Crippen LogP contribution is 2.12. The Morgan fingerprint density at radius 1 is 1.25 bits per heavy atom. The molecule has 0 fully saturated rings. The maximum atomic E-state index is 10.6. The van der Waals surface area contributed by atoms with Crippen molar-refractivity contribution in [2.75, 3.05) is 0 Å². The maximum absolute atomic E-state index is 10.6. The van der Waals surface area contributed by atoms with Gasteiger partial charge in [0.1, 0.15) is 0 Å². The van der Waals surface area contributed by atoms with Crippen LogP contribution in [0.25, 0.3) is 0 Å². The van der Waals surface area contributed by atoms with Crippen molar-refractivity contribution in [3.63, 3.8) is 0 Å². The molecule has 0 aliphatic carbocycles. The maximum Gasteiger partial charge on any atom is 0.226 e. The van der Waals surface area contributed by atoms with Crippen molar-refractivity contribution in [1.29, 1.82) is 0 Å². The number of alkyl halides is 1. The van der Waals surface area contributed by atoms with Crippen LogP contribution in [-0.4, -0.2) is 5.24 Å². The molecule has 0 radical (unpaired) electrons. The molecule has 0 saturated heterocycles. The van der Waals surface area contributed by atoms with Crippen molar-refractivity contribution in [2.45, 2.75) is 12.3 Å². The van der Waals surface area contributed by atoms with Crippen LogP contribution >= 0.6 is 23.2 Å². The van der Waals surface area contributed by atoms with E-state index in [1.165, 1.54) is 0 Å². The summed E-state index contributed by atoms with van der Waals surface area (Å²) < 4.78 is 0. The second kappa shape index (κ2) is 4.48. The minimum Gasteiger partial charge on any atom is -0.281 e. The van der Waals surface area contributed by atoms with Gasteiger partial charge in [0, 0.05) is 12.3 Å². The molecule has 1 rings (SSSR count). The van der Waals surface area contributed by atoms with Gasteiger partial charge in [-0.25, -0.2) is 0 Å². The molecule has 0 bridgehead atoms. The van der Waals surface area contributed by atoms with Crippen LogP contribution in [0.3, 0.4) is 0 Å². The Bertz CT molecular complexity index is 284. The van der Waals surface area contributed by atoms with Crippen molar-refractivity contribution >= 4 is 28.4 Å². The second-order valence-electron chi connectivity index (χ2n) is 2.43. The van der Waals surface area contributed by atoms with E-state index in [1.807, 2.05) is 24.3 Å². The predicted octanol–water partition coefficient (Wildman–Crippen LogP) is 2.73. The van der Waals surface area contributed by atoms with E-state index in [2.05, 4.69) is 0 Å². The Hall–Kier alpha value is -0.530. The van der Waals surface area contributed by atoms with E-state index >= 15 is 0 Å². The summed E-state index contributed by atoms with van der Waals surface area (Å²) >= 11 is 10.9. The zero-order valence-corrected chi connectivity index (χ0v) is 7.90. The fourth-order valence-electron chi connectivity index (χ4n) is 1.01. The number of hydrogen-bond acceptors (Lipinski definition) is 1. The molecule has 1 aromatic carbocycles. The Balaban J connectivity index is 2.89. The van der Waals surface area contributed by atoms with Crippen LogP contribution in [0.15, 0.2) is 24.3 Å². The Kier molecular flexibility index (Phi) is 3.57. The lowest BCUT2D eigenvalue weighted by Gasteiger charge is -2.02. The van der Waals surface area contributed by atoms with Crippen molar-refractivity contribution in [3.8, 4) is 0 Å². The molecular formula is C9H8Cl2O. The van der Waals surface area contributed by atoms with E-state index in [9.17, 15) is 4.79 Å². The van der Waals surface area contributed by atoms with Crippen LogP contribution in [0, 0.1) is 0 Å². The topological polar surface area (TPSA) is 17.1 Å². The number of halogens is 2. The van der Waals surface area contributed by atoms with E-state index in [0.29, 0.717) is 5.88 Å². The molecule has 0 aromatic heterocycles. The monoisotopic (exact) mass is 202 g/mol. The normalized spacial score (nSPS) is 9.83. The van der Waals surface area contributed by atoms with Gasteiger partial charge >= 0.3 is 0 Å². The summed E-state index contributed by atoms with van der Waals surface area (Å²) in [5.74, 6) is 0.417. The van der Waals surface area contributed by atoms with Crippen molar-refractivity contribution in [1.82, 2.24) is 0 Å². The lowest BCUT2D eigenvalue weighted by Crippen LogP contribution is -1.97. The highest BCUT2D eigenvalue weighted by molar-refractivity contribution is 6.63. The van der Waals surface area contributed by atoms with Crippen molar-refractivity contribution in [2.24, 2.45) is 0 Å². The van der Waals surface area contributed by atoms with Crippen molar-refractivity contribution in [3.05, 3.63) is 35.4 Å². The summed E-state index contributed by atoms with van der Waals surface area (Å²) in [7, 11) is 0. The first-order valence-corrected chi connectivity index (χ1v) is 4.46. The van der Waals surface area contributed by atoms with Crippen LogP contribution in [0.5, 0.6) is 0 Å². The van der Waals surface area contributed by atoms with Gasteiger partial charge in [0.15, 0.2) is 0 Å². The highest BCUT2D eigenvalue weighted by atomic mass is 35.5. The third-order valence-corrected chi connectivity index (χ3v) is 2.01. The molecule has 1 aromatic rings. The van der Waals surface area contributed by atoms with Gasteiger partial charge in [-0.1, -0.05) is 24.3 Å². The predicted molar refractivity (Wildman–Crippen MR) is 50.6 cm³/mol. The fourth-order valence-corrected chi connectivity index (χ4v) is 1.41. The highest BCUT2D eigenvalue weighted by Gasteiger charge is 2.03. The third kappa shape index (κ3) is 2.50. The number of hydrogen-bond donors (Lipinski definition) is 0. The summed E-state index contributed by atoms with van der Waals surface area (Å²) in [6, 6.07) is 7.51. The van der Waals surface area contributed by atoms with E-state index in [4.69, 9.17) is 23.2 Å². The quantitative estimate of drug-likeness (QED) is 0.545. The van der Waals surface area contributed by atoms with Gasteiger partial charge < -0.3 is 0 Å². The lowest BCUT2D eigenvalue weighted by atomic mass is 10.1. The van der Waals surface area contributed by atoms with E-state index in [0.717, 1.165) is 11.1 Å². The Morgan fingerprint density at radius 3 is 2.33 bits per heavy atom. The first kappa shape index (κ1) is 9.56. The molecule has 1 nitrogen and oxygen atoms in total. The van der Waals surface area contributed by atoms with Gasteiger partial charge in [-0.15, -0.1) is 11.6 Å². The standard InChI is InChI=1S/C9H8Cl2O/c10-6-8-4-2-1-3-7(8)5-9(11)12/h1-4H,5-6H2. The molecule has 12 heavy (non-hydrogen) atoms. The first-order chi connectivity index (χ1) is 5.74. The smallest absolute Gasteiger partial charge is 0.226 e. The molecule has 0 spiro atoms. The number of carbonyl (C=O) groups excluding carboxylic acids is 1. The van der Waals surface area contributed by atoms with Gasteiger partial charge in [0.05, 0.1) is 0 Å². The van der Waals surface area contributed by atoms with Gasteiger partial charge in [0.25, 0.3) is 0 Å². The average molecular weight is 203 g/mol. The molecule has 0 heterocycles. The van der Waals surface area contributed by atoms with Gasteiger partial charge in [0.2, 0.25) is 5.24 Å². The van der Waals surface area contributed by atoms with Crippen LogP contribution in [0.1, 0.15) is 11.1 Å². The molecular weight excluding hydrogens is 195 g/mol. The molecule has 0 aliphatic heterocycles. The van der Waals surface area contributed by atoms with Gasteiger partial charge in [-0.2, -0.15) is 0 Å². The number of rotatable bonds is 3. The fraction of sp³-hybridized carbons (Fsp3) is 0.222. The second-order valence-corrected chi connectivity index (χ2v) is 3.12. The SMILES string of the molecule is O=C(Cl)Cc1ccccc1CCl. The molecule has 0 N–H and O–H groups in total. The molecule has 0 atom stereocenters. The first-order valence-electron chi connectivity index (χ1n) is 3.55. The minimum atomic E-state index is -0.354. The molecule has 3 heteroatoms. The third-order valence-electron chi connectivity index (χ3n) is 1.59. The zero-order chi connectivity index (χ0) is 8.97. The molecule has 0 aliphatic rings. The van der Waals surface area contributed by atoms with Gasteiger partial charge in [-0.3, -0.25) is 4.79 Å². The lowest BCUT2D eigenvalue weighted by molar-refractivity contribution is -0.111. The minimum absolute atomic E-state index is 0.254.